The summed E-state index contributed by atoms with van der Waals surface area (Å²) in [5, 5.41) is 0. The number of aliphatic imine (C=N–C) groups is 1. The second-order valence-electron chi connectivity index (χ2n) is 3.29. The third-order valence-electron chi connectivity index (χ3n) is 2.04. The quantitative estimate of drug-likeness (QED) is 0.725. The number of nitrogens with zero attached hydrogens (tertiary/aromatic N) is 1. The van der Waals surface area contributed by atoms with E-state index < -0.39 is 0 Å². The first-order chi connectivity index (χ1) is 7.74. The molecule has 2 aromatic carbocycles. The van der Waals surface area contributed by atoms with Crippen LogP contribution in [0, 0.1) is 5.82 Å². The first kappa shape index (κ1) is 11.0. The minimum absolute atomic E-state index is 0.249. The summed E-state index contributed by atoms with van der Waals surface area (Å²) in [6.45, 7) is 0. The van der Waals surface area contributed by atoms with Crippen LogP contribution >= 0.6 is 15.9 Å². The summed E-state index contributed by atoms with van der Waals surface area (Å²) in [5.74, 6) is -0.249. The summed E-state index contributed by atoms with van der Waals surface area (Å²) >= 11 is 3.39. The zero-order chi connectivity index (χ0) is 11.4. The van der Waals surface area contributed by atoms with Crippen LogP contribution in [-0.4, -0.2) is 6.21 Å². The Morgan fingerprint density at radius 2 is 1.81 bits per heavy atom. The van der Waals surface area contributed by atoms with Crippen LogP contribution in [0.1, 0.15) is 5.56 Å². The van der Waals surface area contributed by atoms with Crippen molar-refractivity contribution in [2.75, 3.05) is 0 Å². The second-order valence-corrected chi connectivity index (χ2v) is 4.21. The molecule has 0 bridgehead atoms. The standard InChI is InChI=1S/C13H9BrFN/c14-11-3-1-2-10(8-11)9-16-13-6-4-12(15)5-7-13/h1-9H. The lowest BCUT2D eigenvalue weighted by atomic mass is 10.2. The fraction of sp³-hybridized carbons (Fsp3) is 0. The summed E-state index contributed by atoms with van der Waals surface area (Å²) in [7, 11) is 0. The third kappa shape index (κ3) is 3.00. The monoisotopic (exact) mass is 277 g/mol. The number of hydrogen-bond acceptors (Lipinski definition) is 1. The Balaban J connectivity index is 2.18. The molecule has 0 radical (unpaired) electrons. The van der Waals surface area contributed by atoms with E-state index in [1.165, 1.54) is 12.1 Å². The van der Waals surface area contributed by atoms with Gasteiger partial charge in [-0.3, -0.25) is 4.99 Å². The Labute approximate surface area is 102 Å². The van der Waals surface area contributed by atoms with Gasteiger partial charge in [-0.25, -0.2) is 4.39 Å². The zero-order valence-electron chi connectivity index (χ0n) is 8.40. The molecule has 0 spiro atoms. The van der Waals surface area contributed by atoms with Crippen LogP contribution in [0.25, 0.3) is 0 Å². The summed E-state index contributed by atoms with van der Waals surface area (Å²) in [6, 6.07) is 13.9. The molecule has 0 saturated heterocycles. The maximum Gasteiger partial charge on any atom is 0.123 e. The first-order valence-electron chi connectivity index (χ1n) is 4.79. The van der Waals surface area contributed by atoms with Gasteiger partial charge in [0, 0.05) is 10.7 Å². The van der Waals surface area contributed by atoms with E-state index in [0.717, 1.165) is 15.7 Å². The molecule has 0 N–H and O–H groups in total. The third-order valence-corrected chi connectivity index (χ3v) is 2.53. The van der Waals surface area contributed by atoms with Crippen LogP contribution in [-0.2, 0) is 0 Å². The van der Waals surface area contributed by atoms with Crippen molar-refractivity contribution in [1.29, 1.82) is 0 Å². The highest BCUT2D eigenvalue weighted by molar-refractivity contribution is 9.10. The van der Waals surface area contributed by atoms with Gasteiger partial charge in [0.1, 0.15) is 5.82 Å². The lowest BCUT2D eigenvalue weighted by molar-refractivity contribution is 0.628. The molecule has 0 aliphatic rings. The molecule has 0 heterocycles. The maximum atomic E-state index is 12.6. The van der Waals surface area contributed by atoms with Gasteiger partial charge in [0.2, 0.25) is 0 Å². The number of halogens is 2. The maximum absolute atomic E-state index is 12.6. The Hall–Kier alpha value is -1.48. The molecule has 0 fully saturated rings. The molecule has 0 unspecified atom stereocenters. The van der Waals surface area contributed by atoms with Gasteiger partial charge in [-0.1, -0.05) is 28.1 Å². The molecule has 80 valence electrons. The van der Waals surface area contributed by atoms with Gasteiger partial charge in [-0.2, -0.15) is 0 Å². The molecule has 16 heavy (non-hydrogen) atoms. The Morgan fingerprint density at radius 1 is 1.06 bits per heavy atom. The average Bonchev–Trinajstić information content (AvgIpc) is 2.28. The van der Waals surface area contributed by atoms with E-state index in [1.54, 1.807) is 18.3 Å². The molecule has 0 aliphatic carbocycles. The van der Waals surface area contributed by atoms with Gasteiger partial charge in [-0.05, 0) is 42.0 Å². The second kappa shape index (κ2) is 5.03. The predicted octanol–water partition coefficient (Wildman–Crippen LogP) is 4.34. The topological polar surface area (TPSA) is 12.4 Å². The van der Waals surface area contributed by atoms with E-state index in [4.69, 9.17) is 0 Å². The Morgan fingerprint density at radius 3 is 2.50 bits per heavy atom. The van der Waals surface area contributed by atoms with Crippen molar-refractivity contribution in [2.24, 2.45) is 4.99 Å². The van der Waals surface area contributed by atoms with Crippen LogP contribution in [0.15, 0.2) is 58.0 Å². The van der Waals surface area contributed by atoms with Crippen LogP contribution in [0.4, 0.5) is 10.1 Å². The molecule has 2 aromatic rings. The minimum atomic E-state index is -0.249. The summed E-state index contributed by atoms with van der Waals surface area (Å²) in [4.78, 5) is 4.25. The molecule has 0 aliphatic heterocycles. The van der Waals surface area contributed by atoms with Crippen molar-refractivity contribution in [1.82, 2.24) is 0 Å². The van der Waals surface area contributed by atoms with E-state index in [2.05, 4.69) is 20.9 Å². The van der Waals surface area contributed by atoms with E-state index in [1.807, 2.05) is 24.3 Å². The fourth-order valence-corrected chi connectivity index (χ4v) is 1.68. The van der Waals surface area contributed by atoms with E-state index in [0.29, 0.717) is 0 Å². The number of rotatable bonds is 2. The van der Waals surface area contributed by atoms with Gasteiger partial charge >= 0.3 is 0 Å². The summed E-state index contributed by atoms with van der Waals surface area (Å²) < 4.78 is 13.7. The Kier molecular flexibility index (Phi) is 3.47. The van der Waals surface area contributed by atoms with Gasteiger partial charge in [0.25, 0.3) is 0 Å². The van der Waals surface area contributed by atoms with Crippen LogP contribution in [0.2, 0.25) is 0 Å². The molecular formula is C13H9BrFN. The van der Waals surface area contributed by atoms with Crippen molar-refractivity contribution in [3.63, 3.8) is 0 Å². The lowest BCUT2D eigenvalue weighted by Crippen LogP contribution is -1.79. The van der Waals surface area contributed by atoms with Gasteiger partial charge in [0.05, 0.1) is 5.69 Å². The molecular weight excluding hydrogens is 269 g/mol. The van der Waals surface area contributed by atoms with E-state index in [9.17, 15) is 4.39 Å². The first-order valence-corrected chi connectivity index (χ1v) is 5.58. The lowest BCUT2D eigenvalue weighted by Gasteiger charge is -1.95. The summed E-state index contributed by atoms with van der Waals surface area (Å²) in [6.07, 6.45) is 1.75. The van der Waals surface area contributed by atoms with Gasteiger partial charge in [0.15, 0.2) is 0 Å². The van der Waals surface area contributed by atoms with Crippen LogP contribution < -0.4 is 0 Å². The SMILES string of the molecule is Fc1ccc(N=Cc2cccc(Br)c2)cc1. The molecule has 0 aromatic heterocycles. The largest absolute Gasteiger partial charge is 0.256 e. The highest BCUT2D eigenvalue weighted by Gasteiger charge is 1.91. The van der Waals surface area contributed by atoms with Crippen LogP contribution in [0.3, 0.4) is 0 Å². The Bertz CT molecular complexity index is 506. The van der Waals surface area contributed by atoms with Gasteiger partial charge in [-0.15, -0.1) is 0 Å². The molecule has 0 atom stereocenters. The summed E-state index contributed by atoms with van der Waals surface area (Å²) in [5.41, 5.74) is 1.74. The molecule has 3 heteroatoms. The normalized spacial score (nSPS) is 10.9. The molecule has 2 rings (SSSR count). The molecule has 0 saturated carbocycles. The fourth-order valence-electron chi connectivity index (χ4n) is 1.26. The predicted molar refractivity (Wildman–Crippen MR) is 67.8 cm³/mol. The van der Waals surface area contributed by atoms with Gasteiger partial charge < -0.3 is 0 Å². The van der Waals surface area contributed by atoms with Crippen molar-refractivity contribution < 1.29 is 4.39 Å². The minimum Gasteiger partial charge on any atom is -0.256 e. The smallest absolute Gasteiger partial charge is 0.123 e. The van der Waals surface area contributed by atoms with Crippen molar-refractivity contribution in [3.8, 4) is 0 Å². The van der Waals surface area contributed by atoms with Crippen molar-refractivity contribution in [3.05, 3.63) is 64.4 Å². The van der Waals surface area contributed by atoms with Crippen LogP contribution in [0.5, 0.6) is 0 Å². The highest BCUT2D eigenvalue weighted by Crippen LogP contribution is 2.14. The van der Waals surface area contributed by atoms with E-state index >= 15 is 0 Å². The van der Waals surface area contributed by atoms with E-state index in [-0.39, 0.29) is 5.82 Å². The highest BCUT2D eigenvalue weighted by atomic mass is 79.9. The average molecular weight is 278 g/mol. The number of benzene rings is 2. The van der Waals surface area contributed by atoms with Crippen molar-refractivity contribution in [2.45, 2.75) is 0 Å². The molecule has 1 nitrogen and oxygen atoms in total. The molecule has 0 amide bonds. The number of hydrogen-bond donors (Lipinski definition) is 0. The van der Waals surface area contributed by atoms with Crippen molar-refractivity contribution >= 4 is 27.8 Å². The zero-order valence-corrected chi connectivity index (χ0v) is 9.99.